The molecule has 20 heavy (non-hydrogen) atoms. The molecule has 1 aliphatic carbocycles. The lowest BCUT2D eigenvalue weighted by Gasteiger charge is -2.14. The number of fused-ring (bicyclic) bond motifs is 3. The first-order valence-electron chi connectivity index (χ1n) is 6.82. The Hall–Kier alpha value is -2.54. The summed E-state index contributed by atoms with van der Waals surface area (Å²) in [5.41, 5.74) is 6.28. The molecule has 0 aromatic heterocycles. The van der Waals surface area contributed by atoms with E-state index in [9.17, 15) is 5.11 Å². The first kappa shape index (κ1) is 11.3. The molecule has 1 aliphatic rings. The van der Waals surface area contributed by atoms with E-state index in [0.29, 0.717) is 5.75 Å². The minimum absolute atomic E-state index is 0.217. The van der Waals surface area contributed by atoms with Gasteiger partial charge < -0.3 is 5.11 Å². The van der Waals surface area contributed by atoms with Crippen molar-refractivity contribution in [1.82, 2.24) is 0 Å². The molecule has 1 nitrogen and oxygen atoms in total. The van der Waals surface area contributed by atoms with Gasteiger partial charge in [0.15, 0.2) is 0 Å². The van der Waals surface area contributed by atoms with Gasteiger partial charge in [-0.3, -0.25) is 0 Å². The highest BCUT2D eigenvalue weighted by atomic mass is 16.3. The topological polar surface area (TPSA) is 20.2 Å². The van der Waals surface area contributed by atoms with Crippen LogP contribution in [-0.2, 0) is 0 Å². The molecule has 0 saturated heterocycles. The molecule has 0 radical (unpaired) electrons. The van der Waals surface area contributed by atoms with E-state index >= 15 is 0 Å². The van der Waals surface area contributed by atoms with Crippen LogP contribution in [0.2, 0.25) is 0 Å². The first-order chi connectivity index (χ1) is 9.84. The summed E-state index contributed by atoms with van der Waals surface area (Å²) in [5, 5.41) is 9.84. The number of benzene rings is 3. The van der Waals surface area contributed by atoms with Gasteiger partial charge in [0, 0.05) is 5.92 Å². The number of rotatable bonds is 1. The summed E-state index contributed by atoms with van der Waals surface area (Å²) >= 11 is 0. The molecule has 0 aliphatic heterocycles. The molecule has 0 bridgehead atoms. The Morgan fingerprint density at radius 1 is 0.650 bits per heavy atom. The molecule has 1 unspecified atom stereocenters. The van der Waals surface area contributed by atoms with Crippen molar-refractivity contribution < 1.29 is 5.11 Å². The van der Waals surface area contributed by atoms with Crippen molar-refractivity contribution in [2.75, 3.05) is 0 Å². The molecule has 0 spiro atoms. The summed E-state index contributed by atoms with van der Waals surface area (Å²) in [4.78, 5) is 0. The molecule has 1 atom stereocenters. The fourth-order valence-electron chi connectivity index (χ4n) is 3.20. The average Bonchev–Trinajstić information content (AvgIpc) is 2.81. The predicted molar refractivity (Wildman–Crippen MR) is 80.9 cm³/mol. The maximum absolute atomic E-state index is 9.84. The van der Waals surface area contributed by atoms with Gasteiger partial charge in [-0.15, -0.1) is 0 Å². The highest BCUT2D eigenvalue weighted by Gasteiger charge is 2.29. The van der Waals surface area contributed by atoms with Gasteiger partial charge in [-0.1, -0.05) is 60.7 Å². The summed E-state index contributed by atoms with van der Waals surface area (Å²) in [6.45, 7) is 0. The van der Waals surface area contributed by atoms with E-state index in [1.807, 2.05) is 18.2 Å². The molecule has 0 saturated carbocycles. The van der Waals surface area contributed by atoms with Crippen LogP contribution in [0.25, 0.3) is 11.1 Å². The number of phenols is 1. The second-order valence-corrected chi connectivity index (χ2v) is 5.20. The summed E-state index contributed by atoms with van der Waals surface area (Å²) in [6, 6.07) is 24.7. The quantitative estimate of drug-likeness (QED) is 0.531. The van der Waals surface area contributed by atoms with E-state index in [0.717, 1.165) is 0 Å². The van der Waals surface area contributed by atoms with E-state index in [-0.39, 0.29) is 5.92 Å². The van der Waals surface area contributed by atoms with Crippen molar-refractivity contribution >= 4 is 0 Å². The third kappa shape index (κ3) is 1.56. The first-order valence-corrected chi connectivity index (χ1v) is 6.82. The fourth-order valence-corrected chi connectivity index (χ4v) is 3.20. The minimum Gasteiger partial charge on any atom is -0.508 e. The molecule has 1 heteroatoms. The van der Waals surface area contributed by atoms with Crippen LogP contribution in [-0.4, -0.2) is 5.11 Å². The molecule has 96 valence electrons. The van der Waals surface area contributed by atoms with Gasteiger partial charge in [0.05, 0.1) is 0 Å². The fraction of sp³-hybridized carbons (Fsp3) is 0.0526. The normalized spacial score (nSPS) is 15.7. The van der Waals surface area contributed by atoms with Crippen LogP contribution < -0.4 is 0 Å². The second kappa shape index (κ2) is 4.24. The molecule has 3 aromatic carbocycles. The van der Waals surface area contributed by atoms with Gasteiger partial charge in [-0.25, -0.2) is 0 Å². The van der Waals surface area contributed by atoms with E-state index in [1.54, 1.807) is 6.07 Å². The zero-order valence-electron chi connectivity index (χ0n) is 11.0. The Morgan fingerprint density at radius 2 is 1.35 bits per heavy atom. The standard InChI is InChI=1S/C19H14O/c20-14-10-11-16-15-8-4-5-9-17(15)19(18(16)12-14)13-6-2-1-3-7-13/h1-12,19-20H. The van der Waals surface area contributed by atoms with Crippen LogP contribution in [0.5, 0.6) is 5.75 Å². The lowest BCUT2D eigenvalue weighted by Crippen LogP contribution is -1.98. The third-order valence-electron chi connectivity index (χ3n) is 4.04. The molecule has 4 rings (SSSR count). The number of aromatic hydroxyl groups is 1. The number of hydrogen-bond acceptors (Lipinski definition) is 1. The molecule has 1 N–H and O–H groups in total. The summed E-state index contributed by atoms with van der Waals surface area (Å²) in [5.74, 6) is 0.548. The van der Waals surface area contributed by atoms with Crippen LogP contribution >= 0.6 is 0 Å². The Balaban J connectivity index is 2.02. The van der Waals surface area contributed by atoms with Crippen molar-refractivity contribution in [3.63, 3.8) is 0 Å². The molecule has 0 heterocycles. The van der Waals surface area contributed by atoms with Gasteiger partial charge in [-0.05, 0) is 39.9 Å². The molecule has 0 amide bonds. The van der Waals surface area contributed by atoms with Crippen molar-refractivity contribution in [2.24, 2.45) is 0 Å². The maximum atomic E-state index is 9.84. The summed E-state index contributed by atoms with van der Waals surface area (Å²) in [7, 11) is 0. The minimum atomic E-state index is 0.217. The van der Waals surface area contributed by atoms with Gasteiger partial charge in [0.1, 0.15) is 5.75 Å². The zero-order valence-corrected chi connectivity index (χ0v) is 11.0. The van der Waals surface area contributed by atoms with E-state index < -0.39 is 0 Å². The second-order valence-electron chi connectivity index (χ2n) is 5.20. The number of phenolic OH excluding ortho intramolecular Hbond substituents is 1. The van der Waals surface area contributed by atoms with Crippen molar-refractivity contribution in [1.29, 1.82) is 0 Å². The maximum Gasteiger partial charge on any atom is 0.115 e. The van der Waals surface area contributed by atoms with Crippen molar-refractivity contribution in [2.45, 2.75) is 5.92 Å². The Bertz CT molecular complexity index is 775. The van der Waals surface area contributed by atoms with E-state index in [2.05, 4.69) is 48.5 Å². The van der Waals surface area contributed by atoms with Crippen LogP contribution in [0.1, 0.15) is 22.6 Å². The van der Waals surface area contributed by atoms with Crippen LogP contribution in [0.15, 0.2) is 72.8 Å². The largest absolute Gasteiger partial charge is 0.508 e. The summed E-state index contributed by atoms with van der Waals surface area (Å²) in [6.07, 6.45) is 0. The predicted octanol–water partition coefficient (Wildman–Crippen LogP) is 4.55. The van der Waals surface area contributed by atoms with Gasteiger partial charge in [-0.2, -0.15) is 0 Å². The third-order valence-corrected chi connectivity index (χ3v) is 4.04. The lowest BCUT2D eigenvalue weighted by atomic mass is 9.89. The summed E-state index contributed by atoms with van der Waals surface area (Å²) < 4.78 is 0. The molecule has 3 aromatic rings. The Kier molecular flexibility index (Phi) is 2.40. The zero-order chi connectivity index (χ0) is 13.5. The molecular formula is C19H14O. The highest BCUT2D eigenvalue weighted by Crippen LogP contribution is 2.48. The number of hydrogen-bond donors (Lipinski definition) is 1. The van der Waals surface area contributed by atoms with Crippen LogP contribution in [0.3, 0.4) is 0 Å². The van der Waals surface area contributed by atoms with Gasteiger partial charge in [0.2, 0.25) is 0 Å². The average molecular weight is 258 g/mol. The lowest BCUT2D eigenvalue weighted by molar-refractivity contribution is 0.474. The van der Waals surface area contributed by atoms with Crippen LogP contribution in [0, 0.1) is 0 Å². The smallest absolute Gasteiger partial charge is 0.115 e. The van der Waals surface area contributed by atoms with Crippen molar-refractivity contribution in [3.05, 3.63) is 89.5 Å². The van der Waals surface area contributed by atoms with Crippen molar-refractivity contribution in [3.8, 4) is 16.9 Å². The Labute approximate surface area is 118 Å². The van der Waals surface area contributed by atoms with Crippen LogP contribution in [0.4, 0.5) is 0 Å². The SMILES string of the molecule is Oc1ccc2c(c1)C(c1ccccc1)c1ccccc1-2. The molecular weight excluding hydrogens is 244 g/mol. The monoisotopic (exact) mass is 258 g/mol. The Morgan fingerprint density at radius 3 is 2.20 bits per heavy atom. The van der Waals surface area contributed by atoms with E-state index in [1.165, 1.54) is 27.8 Å². The highest BCUT2D eigenvalue weighted by molar-refractivity contribution is 5.81. The van der Waals surface area contributed by atoms with E-state index in [4.69, 9.17) is 0 Å². The molecule has 0 fully saturated rings. The van der Waals surface area contributed by atoms with Gasteiger partial charge >= 0.3 is 0 Å². The van der Waals surface area contributed by atoms with Gasteiger partial charge in [0.25, 0.3) is 0 Å².